The van der Waals surface area contributed by atoms with Gasteiger partial charge in [0, 0.05) is 18.6 Å². The molecule has 0 aliphatic rings. The summed E-state index contributed by atoms with van der Waals surface area (Å²) in [6.45, 7) is 6.53. The lowest BCUT2D eigenvalue weighted by Gasteiger charge is -2.29. The zero-order valence-corrected chi connectivity index (χ0v) is 10.0. The Kier molecular flexibility index (Phi) is 6.52. The molecule has 0 aromatic carbocycles. The highest BCUT2D eigenvalue weighted by atomic mass is 16.3. The van der Waals surface area contributed by atoms with Gasteiger partial charge in [-0.3, -0.25) is 4.79 Å². The maximum atomic E-state index is 11.6. The summed E-state index contributed by atoms with van der Waals surface area (Å²) in [5.74, 6) is 0.228. The zero-order chi connectivity index (χ0) is 11.9. The van der Waals surface area contributed by atoms with Crippen LogP contribution in [-0.4, -0.2) is 29.7 Å². The smallest absolute Gasteiger partial charge is 0.220 e. The van der Waals surface area contributed by atoms with E-state index in [4.69, 9.17) is 10.8 Å². The third-order valence-corrected chi connectivity index (χ3v) is 2.82. The van der Waals surface area contributed by atoms with E-state index in [9.17, 15) is 4.79 Å². The average Bonchev–Trinajstić information content (AvgIpc) is 2.17. The Morgan fingerprint density at radius 3 is 2.60 bits per heavy atom. The van der Waals surface area contributed by atoms with E-state index in [2.05, 4.69) is 5.32 Å². The Hall–Kier alpha value is -0.610. The Morgan fingerprint density at radius 2 is 2.20 bits per heavy atom. The first-order valence-corrected chi connectivity index (χ1v) is 5.59. The molecule has 2 atom stereocenters. The summed E-state index contributed by atoms with van der Waals surface area (Å²) in [5.41, 5.74) is 5.16. The molecule has 0 bridgehead atoms. The third kappa shape index (κ3) is 5.74. The molecule has 0 aliphatic carbocycles. The van der Waals surface area contributed by atoms with Crippen LogP contribution in [0.25, 0.3) is 0 Å². The molecular weight excluding hydrogens is 192 g/mol. The zero-order valence-electron chi connectivity index (χ0n) is 10.0. The molecule has 0 aromatic heterocycles. The molecule has 90 valence electrons. The van der Waals surface area contributed by atoms with Crippen LogP contribution < -0.4 is 11.1 Å². The summed E-state index contributed by atoms with van der Waals surface area (Å²) < 4.78 is 0. The largest absolute Gasteiger partial charge is 0.396 e. The Balaban J connectivity index is 4.12. The van der Waals surface area contributed by atoms with Crippen LogP contribution in [-0.2, 0) is 4.79 Å². The fourth-order valence-corrected chi connectivity index (χ4v) is 1.36. The van der Waals surface area contributed by atoms with E-state index >= 15 is 0 Å². The van der Waals surface area contributed by atoms with E-state index in [1.807, 2.05) is 20.8 Å². The molecule has 0 saturated heterocycles. The minimum atomic E-state index is -0.292. The van der Waals surface area contributed by atoms with Crippen molar-refractivity contribution in [2.24, 2.45) is 11.7 Å². The number of aliphatic hydroxyl groups is 1. The maximum Gasteiger partial charge on any atom is 0.220 e. The van der Waals surface area contributed by atoms with Crippen molar-refractivity contribution in [1.29, 1.82) is 0 Å². The molecule has 1 amide bonds. The van der Waals surface area contributed by atoms with Gasteiger partial charge in [0.2, 0.25) is 5.91 Å². The van der Waals surface area contributed by atoms with Crippen LogP contribution >= 0.6 is 0 Å². The number of hydrogen-bond acceptors (Lipinski definition) is 3. The minimum Gasteiger partial charge on any atom is -0.396 e. The molecular formula is C11H24N2O2. The summed E-state index contributed by atoms with van der Waals surface area (Å²) in [6, 6.07) is 0. The first kappa shape index (κ1) is 14.4. The van der Waals surface area contributed by atoms with Crippen molar-refractivity contribution in [3.8, 4) is 0 Å². The number of rotatable bonds is 7. The molecule has 0 fully saturated rings. The normalized spacial score (nSPS) is 16.9. The van der Waals surface area contributed by atoms with Crippen LogP contribution in [0.3, 0.4) is 0 Å². The minimum absolute atomic E-state index is 0.0192. The summed E-state index contributed by atoms with van der Waals surface area (Å²) >= 11 is 0. The van der Waals surface area contributed by atoms with Gasteiger partial charge >= 0.3 is 0 Å². The van der Waals surface area contributed by atoms with Crippen LogP contribution in [0.2, 0.25) is 0 Å². The van der Waals surface area contributed by atoms with Gasteiger partial charge in [0.1, 0.15) is 0 Å². The molecule has 0 rings (SSSR count). The van der Waals surface area contributed by atoms with Gasteiger partial charge in [-0.05, 0) is 32.2 Å². The van der Waals surface area contributed by atoms with Gasteiger partial charge in [-0.1, -0.05) is 13.8 Å². The highest BCUT2D eigenvalue weighted by molar-refractivity contribution is 5.77. The molecule has 4 heteroatoms. The fourth-order valence-electron chi connectivity index (χ4n) is 1.36. The van der Waals surface area contributed by atoms with Crippen molar-refractivity contribution < 1.29 is 9.90 Å². The van der Waals surface area contributed by atoms with Gasteiger partial charge in [0.25, 0.3) is 0 Å². The molecule has 0 spiro atoms. The molecule has 0 aliphatic heterocycles. The van der Waals surface area contributed by atoms with Gasteiger partial charge < -0.3 is 16.2 Å². The fraction of sp³-hybridized carbons (Fsp3) is 0.909. The summed E-state index contributed by atoms with van der Waals surface area (Å²) in [5, 5.41) is 11.9. The van der Waals surface area contributed by atoms with E-state index in [1.54, 1.807) is 0 Å². The van der Waals surface area contributed by atoms with Gasteiger partial charge in [0.05, 0.1) is 0 Å². The molecule has 15 heavy (non-hydrogen) atoms. The van der Waals surface area contributed by atoms with Crippen LogP contribution in [0.1, 0.15) is 40.0 Å². The van der Waals surface area contributed by atoms with Crippen LogP contribution in [0.4, 0.5) is 0 Å². The van der Waals surface area contributed by atoms with Crippen molar-refractivity contribution in [2.75, 3.05) is 13.2 Å². The Morgan fingerprint density at radius 1 is 1.60 bits per heavy atom. The van der Waals surface area contributed by atoms with E-state index < -0.39 is 0 Å². The van der Waals surface area contributed by atoms with Crippen molar-refractivity contribution in [3.63, 3.8) is 0 Å². The Bertz CT molecular complexity index is 197. The first-order valence-electron chi connectivity index (χ1n) is 5.59. The predicted octanol–water partition coefficient (Wildman–Crippen LogP) is 0.639. The molecule has 0 aromatic rings. The highest BCUT2D eigenvalue weighted by Gasteiger charge is 2.23. The van der Waals surface area contributed by atoms with E-state index in [0.717, 1.165) is 6.42 Å². The van der Waals surface area contributed by atoms with Gasteiger partial charge in [-0.2, -0.15) is 0 Å². The lowest BCUT2D eigenvalue weighted by Crippen LogP contribution is -2.46. The number of carbonyl (C=O) groups excluding carboxylic acids is 1. The van der Waals surface area contributed by atoms with Gasteiger partial charge in [0.15, 0.2) is 0 Å². The molecule has 2 unspecified atom stereocenters. The lowest BCUT2D eigenvalue weighted by molar-refractivity contribution is -0.123. The highest BCUT2D eigenvalue weighted by Crippen LogP contribution is 2.14. The number of hydrogen-bond donors (Lipinski definition) is 3. The van der Waals surface area contributed by atoms with Crippen molar-refractivity contribution in [1.82, 2.24) is 5.32 Å². The van der Waals surface area contributed by atoms with E-state index in [0.29, 0.717) is 19.4 Å². The number of nitrogens with one attached hydrogen (secondary N) is 1. The lowest BCUT2D eigenvalue weighted by atomic mass is 9.94. The summed E-state index contributed by atoms with van der Waals surface area (Å²) in [4.78, 5) is 11.6. The summed E-state index contributed by atoms with van der Waals surface area (Å²) in [6.07, 6.45) is 1.86. The van der Waals surface area contributed by atoms with Gasteiger partial charge in [-0.25, -0.2) is 0 Å². The second-order valence-corrected chi connectivity index (χ2v) is 4.48. The average molecular weight is 216 g/mol. The second-order valence-electron chi connectivity index (χ2n) is 4.48. The van der Waals surface area contributed by atoms with Crippen LogP contribution in [0.15, 0.2) is 0 Å². The predicted molar refractivity (Wildman–Crippen MR) is 61.4 cm³/mol. The van der Waals surface area contributed by atoms with Gasteiger partial charge in [-0.15, -0.1) is 0 Å². The molecule has 4 nitrogen and oxygen atoms in total. The molecule has 0 radical (unpaired) electrons. The number of amides is 1. The standard InChI is InChI=1S/C11H24N2O2/c1-4-11(3,5-6-14)13-10(15)7-9(2)8-12/h9,14H,4-8,12H2,1-3H3,(H,13,15). The van der Waals surface area contributed by atoms with Crippen LogP contribution in [0.5, 0.6) is 0 Å². The third-order valence-electron chi connectivity index (χ3n) is 2.82. The molecule has 0 heterocycles. The van der Waals surface area contributed by atoms with Crippen LogP contribution in [0, 0.1) is 5.92 Å². The molecule has 4 N–H and O–H groups in total. The van der Waals surface area contributed by atoms with E-state index in [-0.39, 0.29) is 24.0 Å². The number of aliphatic hydroxyl groups excluding tert-OH is 1. The quantitative estimate of drug-likeness (QED) is 0.584. The maximum absolute atomic E-state index is 11.6. The second kappa shape index (κ2) is 6.80. The monoisotopic (exact) mass is 216 g/mol. The molecule has 0 saturated carbocycles. The number of carbonyl (C=O) groups is 1. The van der Waals surface area contributed by atoms with Crippen molar-refractivity contribution in [3.05, 3.63) is 0 Å². The van der Waals surface area contributed by atoms with Crippen molar-refractivity contribution in [2.45, 2.75) is 45.6 Å². The Labute approximate surface area is 92.2 Å². The topological polar surface area (TPSA) is 75.3 Å². The van der Waals surface area contributed by atoms with E-state index in [1.165, 1.54) is 0 Å². The number of nitrogens with two attached hydrogens (primary N) is 1. The first-order chi connectivity index (χ1) is 6.97. The van der Waals surface area contributed by atoms with Crippen molar-refractivity contribution >= 4 is 5.91 Å². The SMILES string of the molecule is CCC(C)(CCO)NC(=O)CC(C)CN. The summed E-state index contributed by atoms with van der Waals surface area (Å²) in [7, 11) is 0.